The minimum Gasteiger partial charge on any atom is -0.435 e. The van der Waals surface area contributed by atoms with Gasteiger partial charge in [-0.2, -0.15) is 18.2 Å². The number of carbonyl (C=O) groups excluding carboxylic acids is 1. The van der Waals surface area contributed by atoms with Crippen LogP contribution in [0, 0.1) is 0 Å². The number of pyridine rings is 1. The molecule has 0 saturated carbocycles. The van der Waals surface area contributed by atoms with Crippen LogP contribution in [0.4, 0.5) is 18.9 Å². The van der Waals surface area contributed by atoms with Crippen LogP contribution >= 0.6 is 0 Å². The van der Waals surface area contributed by atoms with E-state index in [-0.39, 0.29) is 22.9 Å². The van der Waals surface area contributed by atoms with Gasteiger partial charge in [0.15, 0.2) is 5.58 Å². The predicted octanol–water partition coefficient (Wildman–Crippen LogP) is 4.82. The van der Waals surface area contributed by atoms with Crippen molar-refractivity contribution in [1.29, 1.82) is 0 Å². The maximum Gasteiger partial charge on any atom is 0.471 e. The number of likely N-dealkylation sites (N-methyl/N-ethyl adjacent to an activating group) is 1. The number of halogens is 3. The third kappa shape index (κ3) is 5.27. The number of rotatable bonds is 7. The van der Waals surface area contributed by atoms with Gasteiger partial charge in [-0.1, -0.05) is 23.4 Å². The van der Waals surface area contributed by atoms with Crippen LogP contribution in [0.1, 0.15) is 16.2 Å². The van der Waals surface area contributed by atoms with E-state index in [0.29, 0.717) is 35.8 Å². The summed E-state index contributed by atoms with van der Waals surface area (Å²) in [6, 6.07) is 17.1. The molecule has 0 saturated heterocycles. The molecule has 0 aliphatic rings. The van der Waals surface area contributed by atoms with Gasteiger partial charge in [0.1, 0.15) is 11.2 Å². The van der Waals surface area contributed by atoms with Gasteiger partial charge in [0.25, 0.3) is 5.91 Å². The number of nitrogens with one attached hydrogen (secondary N) is 1. The molecule has 1 N–H and O–H groups in total. The fourth-order valence-electron chi connectivity index (χ4n) is 3.58. The molecule has 12 heteroatoms. The van der Waals surface area contributed by atoms with Crippen molar-refractivity contribution in [2.75, 3.05) is 25.0 Å². The number of anilines is 1. The molecule has 2 aromatic carbocycles. The number of hydrogen-bond donors (Lipinski definition) is 1. The van der Waals surface area contributed by atoms with Crippen LogP contribution < -0.4 is 10.2 Å². The molecule has 0 bridgehead atoms. The third-order valence-electron chi connectivity index (χ3n) is 5.48. The standard InChI is InChI=1S/C25H19F3N6O3/c1-34(17-8-9-20-19(14-17)31-23(36-20)18-7-2-3-10-29-18)12-11-30-22(35)16-6-4-5-15(13-16)21-32-24(37-33-21)25(26,27)28/h2-10,13-14H,11-12H2,1H3,(H,30,35). The van der Waals surface area contributed by atoms with Gasteiger partial charge in [-0.05, 0) is 42.5 Å². The number of benzene rings is 2. The molecule has 0 spiro atoms. The molecule has 0 aliphatic carbocycles. The van der Waals surface area contributed by atoms with E-state index in [9.17, 15) is 18.0 Å². The molecular weight excluding hydrogens is 489 g/mol. The zero-order valence-corrected chi connectivity index (χ0v) is 19.4. The average molecular weight is 508 g/mol. The Hall–Kier alpha value is -4.74. The van der Waals surface area contributed by atoms with Crippen molar-refractivity contribution < 1.29 is 26.9 Å². The van der Waals surface area contributed by atoms with E-state index in [1.807, 2.05) is 48.3 Å². The maximum absolute atomic E-state index is 12.7. The Balaban J connectivity index is 1.21. The van der Waals surface area contributed by atoms with Crippen molar-refractivity contribution in [1.82, 2.24) is 25.4 Å². The molecule has 37 heavy (non-hydrogen) atoms. The van der Waals surface area contributed by atoms with Crippen molar-refractivity contribution in [2.45, 2.75) is 6.18 Å². The Labute approximate surface area is 207 Å². The minimum atomic E-state index is -4.74. The number of fused-ring (bicyclic) bond motifs is 1. The van der Waals surface area contributed by atoms with Gasteiger partial charge >= 0.3 is 12.1 Å². The fourth-order valence-corrected chi connectivity index (χ4v) is 3.58. The fraction of sp³-hybridized carbons (Fsp3) is 0.160. The molecule has 3 aromatic heterocycles. The van der Waals surface area contributed by atoms with Crippen LogP contribution in [-0.4, -0.2) is 46.2 Å². The van der Waals surface area contributed by atoms with E-state index >= 15 is 0 Å². The topological polar surface area (TPSA) is 110 Å². The summed E-state index contributed by atoms with van der Waals surface area (Å²) < 4.78 is 48.2. The lowest BCUT2D eigenvalue weighted by molar-refractivity contribution is -0.159. The first-order valence-corrected chi connectivity index (χ1v) is 11.1. The number of aromatic nitrogens is 4. The Morgan fingerprint density at radius 2 is 1.92 bits per heavy atom. The molecule has 3 heterocycles. The second kappa shape index (κ2) is 9.72. The Bertz CT molecular complexity index is 1550. The highest BCUT2D eigenvalue weighted by Crippen LogP contribution is 2.29. The summed E-state index contributed by atoms with van der Waals surface area (Å²) in [5.41, 5.74) is 3.32. The number of hydrogen-bond acceptors (Lipinski definition) is 8. The van der Waals surface area contributed by atoms with Crippen LogP contribution in [0.15, 0.2) is 75.8 Å². The van der Waals surface area contributed by atoms with E-state index in [1.54, 1.807) is 12.3 Å². The molecule has 0 unspecified atom stereocenters. The maximum atomic E-state index is 12.7. The normalized spacial score (nSPS) is 11.6. The average Bonchev–Trinajstić information content (AvgIpc) is 3.57. The number of oxazole rings is 1. The first-order chi connectivity index (χ1) is 17.8. The number of carbonyl (C=O) groups is 1. The third-order valence-corrected chi connectivity index (χ3v) is 5.48. The van der Waals surface area contributed by atoms with Crippen LogP contribution in [0.3, 0.4) is 0 Å². The molecule has 5 rings (SSSR count). The van der Waals surface area contributed by atoms with Crippen molar-refractivity contribution in [3.63, 3.8) is 0 Å². The van der Waals surface area contributed by atoms with E-state index < -0.39 is 12.1 Å². The molecule has 0 atom stereocenters. The van der Waals surface area contributed by atoms with Crippen molar-refractivity contribution in [3.05, 3.63) is 78.3 Å². The molecule has 0 aliphatic heterocycles. The molecule has 188 valence electrons. The van der Waals surface area contributed by atoms with Gasteiger partial charge < -0.3 is 19.2 Å². The largest absolute Gasteiger partial charge is 0.471 e. The predicted molar refractivity (Wildman–Crippen MR) is 128 cm³/mol. The number of alkyl halides is 3. The van der Waals surface area contributed by atoms with E-state index in [4.69, 9.17) is 4.42 Å². The molecule has 9 nitrogen and oxygen atoms in total. The summed E-state index contributed by atoms with van der Waals surface area (Å²) >= 11 is 0. The number of nitrogens with zero attached hydrogens (tertiary/aromatic N) is 5. The van der Waals surface area contributed by atoms with Gasteiger partial charge in [-0.15, -0.1) is 0 Å². The highest BCUT2D eigenvalue weighted by atomic mass is 19.4. The first-order valence-electron chi connectivity index (χ1n) is 11.1. The second-order valence-corrected chi connectivity index (χ2v) is 8.07. The van der Waals surface area contributed by atoms with Crippen LogP contribution in [-0.2, 0) is 6.18 Å². The molecule has 5 aromatic rings. The van der Waals surface area contributed by atoms with E-state index in [0.717, 1.165) is 5.69 Å². The summed E-state index contributed by atoms with van der Waals surface area (Å²) in [7, 11) is 1.88. The van der Waals surface area contributed by atoms with Gasteiger partial charge in [0.2, 0.25) is 11.7 Å². The Morgan fingerprint density at radius 3 is 2.68 bits per heavy atom. The summed E-state index contributed by atoms with van der Waals surface area (Å²) in [4.78, 5) is 26.7. The highest BCUT2D eigenvalue weighted by molar-refractivity contribution is 5.95. The molecule has 0 radical (unpaired) electrons. The smallest absolute Gasteiger partial charge is 0.435 e. The van der Waals surface area contributed by atoms with Crippen LogP contribution in [0.2, 0.25) is 0 Å². The monoisotopic (exact) mass is 508 g/mol. The second-order valence-electron chi connectivity index (χ2n) is 8.07. The van der Waals surface area contributed by atoms with Gasteiger partial charge in [0, 0.05) is 43.1 Å². The van der Waals surface area contributed by atoms with Crippen LogP contribution in [0.25, 0.3) is 34.1 Å². The van der Waals surface area contributed by atoms with E-state index in [1.165, 1.54) is 18.2 Å². The molecule has 1 amide bonds. The van der Waals surface area contributed by atoms with Crippen molar-refractivity contribution in [3.8, 4) is 23.0 Å². The summed E-state index contributed by atoms with van der Waals surface area (Å²) in [6.45, 7) is 0.803. The van der Waals surface area contributed by atoms with Crippen molar-refractivity contribution in [2.24, 2.45) is 0 Å². The van der Waals surface area contributed by atoms with Gasteiger partial charge in [-0.3, -0.25) is 9.78 Å². The SMILES string of the molecule is CN(CCNC(=O)c1cccc(-c2noc(C(F)(F)F)n2)c1)c1ccc2oc(-c3ccccn3)nc2c1. The summed E-state index contributed by atoms with van der Waals surface area (Å²) in [5.74, 6) is -1.66. The minimum absolute atomic E-state index is 0.231. The summed E-state index contributed by atoms with van der Waals surface area (Å²) in [5, 5.41) is 6.16. The quantitative estimate of drug-likeness (QED) is 0.333. The lowest BCUT2D eigenvalue weighted by atomic mass is 10.1. The lowest BCUT2D eigenvalue weighted by Gasteiger charge is -2.19. The zero-order chi connectivity index (χ0) is 26.0. The van der Waals surface area contributed by atoms with Gasteiger partial charge in [0.05, 0.1) is 0 Å². The Kier molecular flexibility index (Phi) is 6.30. The molecular formula is C25H19F3N6O3. The summed E-state index contributed by atoms with van der Waals surface area (Å²) in [6.07, 6.45) is -3.07. The zero-order valence-electron chi connectivity index (χ0n) is 19.4. The van der Waals surface area contributed by atoms with Gasteiger partial charge in [-0.25, -0.2) is 4.98 Å². The Morgan fingerprint density at radius 1 is 1.05 bits per heavy atom. The lowest BCUT2D eigenvalue weighted by Crippen LogP contribution is -2.33. The molecule has 0 fully saturated rings. The van der Waals surface area contributed by atoms with Crippen molar-refractivity contribution >= 4 is 22.7 Å². The highest BCUT2D eigenvalue weighted by Gasteiger charge is 2.38. The number of amides is 1. The van der Waals surface area contributed by atoms with E-state index in [2.05, 4.69) is 29.9 Å². The first kappa shape index (κ1) is 24.0. The van der Waals surface area contributed by atoms with Crippen LogP contribution in [0.5, 0.6) is 0 Å².